The average molecular weight is 228 g/mol. The fourth-order valence-corrected chi connectivity index (χ4v) is 1.69. The summed E-state index contributed by atoms with van der Waals surface area (Å²) in [6.07, 6.45) is 1.27. The maximum Gasteiger partial charge on any atom is 0.250 e. The molecule has 0 saturated carbocycles. The maximum atomic E-state index is 11.8. The molecule has 3 heteroatoms. The molecule has 0 aromatic heterocycles. The molecule has 1 rings (SSSR count). The minimum atomic E-state index is -0.192. The Morgan fingerprint density at radius 1 is 1.53 bits per heavy atom. The highest BCUT2D eigenvalue weighted by Gasteiger charge is 2.19. The van der Waals surface area contributed by atoms with Gasteiger partial charge in [-0.3, -0.25) is 4.79 Å². The van der Waals surface area contributed by atoms with Crippen LogP contribution in [0.1, 0.15) is 25.0 Å². The first-order valence-corrected chi connectivity index (χ1v) is 5.47. The first-order chi connectivity index (χ1) is 8.01. The second-order valence-electron chi connectivity index (χ2n) is 4.14. The van der Waals surface area contributed by atoms with Crippen LogP contribution in [0.3, 0.4) is 0 Å². The molecule has 1 amide bonds. The molecule has 0 saturated heterocycles. The normalized spacial score (nSPS) is 9.82. The van der Waals surface area contributed by atoms with Crippen molar-refractivity contribution < 1.29 is 4.79 Å². The summed E-state index contributed by atoms with van der Waals surface area (Å²) >= 11 is 0. The van der Waals surface area contributed by atoms with E-state index in [9.17, 15) is 4.79 Å². The van der Waals surface area contributed by atoms with E-state index in [1.165, 1.54) is 6.08 Å². The second-order valence-corrected chi connectivity index (χ2v) is 4.14. The van der Waals surface area contributed by atoms with Crippen molar-refractivity contribution in [2.75, 3.05) is 4.90 Å². The van der Waals surface area contributed by atoms with Gasteiger partial charge in [-0.05, 0) is 44.5 Å². The summed E-state index contributed by atoms with van der Waals surface area (Å²) < 4.78 is 0. The Hall–Kier alpha value is -2.08. The molecule has 0 atom stereocenters. The van der Waals surface area contributed by atoms with Gasteiger partial charge < -0.3 is 4.90 Å². The van der Waals surface area contributed by atoms with E-state index in [2.05, 4.69) is 12.6 Å². The first kappa shape index (κ1) is 13.0. The highest BCUT2D eigenvalue weighted by Crippen LogP contribution is 2.24. The summed E-state index contributed by atoms with van der Waals surface area (Å²) in [4.78, 5) is 13.4. The van der Waals surface area contributed by atoms with Gasteiger partial charge in [0.25, 0.3) is 5.91 Å². The van der Waals surface area contributed by atoms with Crippen LogP contribution in [-0.2, 0) is 4.79 Å². The van der Waals surface area contributed by atoms with Gasteiger partial charge in [0.05, 0.1) is 11.3 Å². The summed E-state index contributed by atoms with van der Waals surface area (Å²) in [5.74, 6) is -0.192. The third-order valence-electron chi connectivity index (χ3n) is 2.46. The lowest BCUT2D eigenvalue weighted by Crippen LogP contribution is -2.36. The highest BCUT2D eigenvalue weighted by atomic mass is 16.2. The summed E-state index contributed by atoms with van der Waals surface area (Å²) in [6, 6.07) is 7.53. The molecule has 3 nitrogen and oxygen atoms in total. The van der Waals surface area contributed by atoms with Gasteiger partial charge in [-0.1, -0.05) is 12.6 Å². The minimum Gasteiger partial charge on any atom is -0.305 e. The van der Waals surface area contributed by atoms with Gasteiger partial charge in [0, 0.05) is 6.04 Å². The Balaban J connectivity index is 3.37. The van der Waals surface area contributed by atoms with Crippen LogP contribution in [0.25, 0.3) is 0 Å². The van der Waals surface area contributed by atoms with Crippen molar-refractivity contribution >= 4 is 11.6 Å². The number of aryl methyl sites for hydroxylation is 1. The topological polar surface area (TPSA) is 44.1 Å². The molecule has 17 heavy (non-hydrogen) atoms. The second kappa shape index (κ2) is 5.31. The van der Waals surface area contributed by atoms with Crippen LogP contribution in [-0.4, -0.2) is 11.9 Å². The maximum absolute atomic E-state index is 11.8. The molecule has 0 aliphatic rings. The third kappa shape index (κ3) is 2.73. The quantitative estimate of drug-likeness (QED) is 0.747. The van der Waals surface area contributed by atoms with Gasteiger partial charge in [0.2, 0.25) is 0 Å². The predicted octanol–water partition coefficient (Wildman–Crippen LogP) is 2.79. The van der Waals surface area contributed by atoms with Crippen LogP contribution < -0.4 is 4.90 Å². The van der Waals surface area contributed by atoms with E-state index in [1.807, 2.05) is 32.9 Å². The van der Waals surface area contributed by atoms with Crippen LogP contribution >= 0.6 is 0 Å². The van der Waals surface area contributed by atoms with Gasteiger partial charge in [0.1, 0.15) is 6.07 Å². The minimum absolute atomic E-state index is 0.0191. The molecule has 1 aromatic rings. The number of rotatable bonds is 3. The average Bonchev–Trinajstić information content (AvgIpc) is 2.29. The largest absolute Gasteiger partial charge is 0.305 e. The van der Waals surface area contributed by atoms with Crippen molar-refractivity contribution in [3.63, 3.8) is 0 Å². The number of anilines is 1. The summed E-state index contributed by atoms with van der Waals surface area (Å²) in [6.45, 7) is 9.24. The SMILES string of the molecule is C=CC(=O)N(c1cc(C)ccc1C#N)C(C)C. The van der Waals surface area contributed by atoms with Gasteiger partial charge in [-0.25, -0.2) is 0 Å². The lowest BCUT2D eigenvalue weighted by atomic mass is 10.1. The number of carbonyl (C=O) groups excluding carboxylic acids is 1. The molecule has 0 bridgehead atoms. The zero-order valence-electron chi connectivity index (χ0n) is 10.4. The number of benzene rings is 1. The molecular formula is C14H16N2O. The van der Waals surface area contributed by atoms with Gasteiger partial charge in [0.15, 0.2) is 0 Å². The highest BCUT2D eigenvalue weighted by molar-refractivity contribution is 6.02. The van der Waals surface area contributed by atoms with Crippen molar-refractivity contribution in [1.82, 2.24) is 0 Å². The molecule has 0 N–H and O–H groups in total. The Morgan fingerprint density at radius 2 is 2.18 bits per heavy atom. The summed E-state index contributed by atoms with van der Waals surface area (Å²) in [5.41, 5.74) is 2.16. The van der Waals surface area contributed by atoms with Crippen LogP contribution in [0, 0.1) is 18.3 Å². The zero-order valence-corrected chi connectivity index (χ0v) is 10.4. The number of nitrogens with zero attached hydrogens (tertiary/aromatic N) is 2. The molecule has 0 aliphatic carbocycles. The standard InChI is InChI=1S/C14H16N2O/c1-5-14(17)16(10(2)3)13-8-11(4)6-7-12(13)9-15/h5-8,10H,1H2,2-4H3. The Morgan fingerprint density at radius 3 is 2.65 bits per heavy atom. The van der Waals surface area contributed by atoms with E-state index < -0.39 is 0 Å². The van der Waals surface area contributed by atoms with Crippen molar-refractivity contribution in [1.29, 1.82) is 5.26 Å². The molecule has 0 heterocycles. The number of nitriles is 1. The molecule has 0 unspecified atom stereocenters. The summed E-state index contributed by atoms with van der Waals surface area (Å²) in [7, 11) is 0. The van der Waals surface area contributed by atoms with Gasteiger partial charge >= 0.3 is 0 Å². The van der Waals surface area contributed by atoms with Crippen LogP contribution in [0.4, 0.5) is 5.69 Å². The van der Waals surface area contributed by atoms with Crippen molar-refractivity contribution in [3.05, 3.63) is 42.0 Å². The van der Waals surface area contributed by atoms with Crippen LogP contribution in [0.2, 0.25) is 0 Å². The molecular weight excluding hydrogens is 212 g/mol. The van der Waals surface area contributed by atoms with Gasteiger partial charge in [-0.2, -0.15) is 5.26 Å². The Labute approximate surface area is 102 Å². The third-order valence-corrected chi connectivity index (χ3v) is 2.46. The molecule has 0 fully saturated rings. The Kier molecular flexibility index (Phi) is 4.06. The lowest BCUT2D eigenvalue weighted by Gasteiger charge is -2.26. The molecule has 0 spiro atoms. The van der Waals surface area contributed by atoms with Crippen LogP contribution in [0.5, 0.6) is 0 Å². The van der Waals surface area contributed by atoms with E-state index in [0.29, 0.717) is 11.3 Å². The van der Waals surface area contributed by atoms with E-state index in [1.54, 1.807) is 11.0 Å². The Bertz CT molecular complexity index is 483. The first-order valence-electron chi connectivity index (χ1n) is 5.47. The fourth-order valence-electron chi connectivity index (χ4n) is 1.69. The lowest BCUT2D eigenvalue weighted by molar-refractivity contribution is -0.114. The number of amides is 1. The van der Waals surface area contributed by atoms with Crippen molar-refractivity contribution in [3.8, 4) is 6.07 Å². The zero-order chi connectivity index (χ0) is 13.0. The van der Waals surface area contributed by atoms with Crippen molar-refractivity contribution in [2.24, 2.45) is 0 Å². The van der Waals surface area contributed by atoms with Gasteiger partial charge in [-0.15, -0.1) is 0 Å². The fraction of sp³-hybridized carbons (Fsp3) is 0.286. The monoisotopic (exact) mass is 228 g/mol. The smallest absolute Gasteiger partial charge is 0.250 e. The van der Waals surface area contributed by atoms with E-state index in [4.69, 9.17) is 5.26 Å². The molecule has 0 aliphatic heterocycles. The number of hydrogen-bond donors (Lipinski definition) is 0. The summed E-state index contributed by atoms with van der Waals surface area (Å²) in [5, 5.41) is 9.08. The number of hydrogen-bond acceptors (Lipinski definition) is 2. The number of carbonyl (C=O) groups is 1. The van der Waals surface area contributed by atoms with E-state index in [-0.39, 0.29) is 11.9 Å². The van der Waals surface area contributed by atoms with Crippen molar-refractivity contribution in [2.45, 2.75) is 26.8 Å². The molecule has 0 radical (unpaired) electrons. The van der Waals surface area contributed by atoms with E-state index in [0.717, 1.165) is 5.56 Å². The van der Waals surface area contributed by atoms with Crippen LogP contribution in [0.15, 0.2) is 30.9 Å². The van der Waals surface area contributed by atoms with E-state index >= 15 is 0 Å². The predicted molar refractivity (Wildman–Crippen MR) is 68.7 cm³/mol. The molecule has 88 valence electrons. The molecule has 1 aromatic carbocycles.